The summed E-state index contributed by atoms with van der Waals surface area (Å²) in [5, 5.41) is 6.67. The van der Waals surface area contributed by atoms with Crippen LogP contribution in [-0.2, 0) is 13.0 Å². The molecular formula is C18H25N5. The number of rotatable bonds is 6. The molecular weight excluding hydrogens is 286 g/mol. The summed E-state index contributed by atoms with van der Waals surface area (Å²) in [5.41, 5.74) is 2.50. The highest BCUT2D eigenvalue weighted by atomic mass is 15.2. The predicted molar refractivity (Wildman–Crippen MR) is 96.9 cm³/mol. The van der Waals surface area contributed by atoms with Crippen LogP contribution in [0.15, 0.2) is 53.7 Å². The Labute approximate surface area is 138 Å². The van der Waals surface area contributed by atoms with E-state index in [1.165, 1.54) is 11.1 Å². The number of aliphatic imine (C=N–C) groups is 1. The fraction of sp³-hybridized carbons (Fsp3) is 0.333. The van der Waals surface area contributed by atoms with Crippen molar-refractivity contribution in [1.82, 2.24) is 15.6 Å². The smallest absolute Gasteiger partial charge is 0.191 e. The first-order valence-electron chi connectivity index (χ1n) is 7.79. The SMILES string of the molecule is CN=C(NCCc1ccccc1)NCc1ccnc(N(C)C)c1. The lowest BCUT2D eigenvalue weighted by molar-refractivity contribution is 0.793. The maximum atomic E-state index is 4.32. The van der Waals surface area contributed by atoms with Crippen molar-refractivity contribution in [3.05, 3.63) is 59.8 Å². The molecule has 0 bridgehead atoms. The van der Waals surface area contributed by atoms with Crippen LogP contribution in [0.2, 0.25) is 0 Å². The fourth-order valence-electron chi connectivity index (χ4n) is 2.19. The number of nitrogens with zero attached hydrogens (tertiary/aromatic N) is 3. The average molecular weight is 311 g/mol. The first kappa shape index (κ1) is 16.8. The van der Waals surface area contributed by atoms with Crippen molar-refractivity contribution in [2.75, 3.05) is 32.6 Å². The van der Waals surface area contributed by atoms with Crippen LogP contribution >= 0.6 is 0 Å². The molecule has 122 valence electrons. The lowest BCUT2D eigenvalue weighted by Crippen LogP contribution is -2.37. The summed E-state index contributed by atoms with van der Waals surface area (Å²) in [6, 6.07) is 14.5. The van der Waals surface area contributed by atoms with Crippen LogP contribution in [0.1, 0.15) is 11.1 Å². The fourth-order valence-corrected chi connectivity index (χ4v) is 2.19. The first-order valence-corrected chi connectivity index (χ1v) is 7.79. The van der Waals surface area contributed by atoms with E-state index in [9.17, 15) is 0 Å². The second kappa shape index (κ2) is 8.78. The van der Waals surface area contributed by atoms with Gasteiger partial charge in [0.2, 0.25) is 0 Å². The number of hydrogen-bond acceptors (Lipinski definition) is 3. The summed E-state index contributed by atoms with van der Waals surface area (Å²) in [6.07, 6.45) is 2.81. The Morgan fingerprint density at radius 3 is 2.57 bits per heavy atom. The van der Waals surface area contributed by atoms with Gasteiger partial charge >= 0.3 is 0 Å². The summed E-state index contributed by atoms with van der Waals surface area (Å²) < 4.78 is 0. The topological polar surface area (TPSA) is 52.6 Å². The molecule has 5 nitrogen and oxygen atoms in total. The Morgan fingerprint density at radius 1 is 1.09 bits per heavy atom. The van der Waals surface area contributed by atoms with E-state index < -0.39 is 0 Å². The summed E-state index contributed by atoms with van der Waals surface area (Å²) in [4.78, 5) is 10.6. The lowest BCUT2D eigenvalue weighted by Gasteiger charge is -2.14. The van der Waals surface area contributed by atoms with E-state index in [1.807, 2.05) is 37.3 Å². The molecule has 2 rings (SSSR count). The molecule has 2 N–H and O–H groups in total. The van der Waals surface area contributed by atoms with Crippen molar-refractivity contribution in [3.63, 3.8) is 0 Å². The quantitative estimate of drug-likeness (QED) is 0.633. The highest BCUT2D eigenvalue weighted by Crippen LogP contribution is 2.09. The molecule has 23 heavy (non-hydrogen) atoms. The summed E-state index contributed by atoms with van der Waals surface area (Å²) in [5.74, 6) is 1.76. The standard InChI is InChI=1S/C18H25N5/c1-19-18(21-12-9-15-7-5-4-6-8-15)22-14-16-10-11-20-17(13-16)23(2)3/h4-8,10-11,13H,9,12,14H2,1-3H3,(H2,19,21,22). The molecule has 0 aliphatic heterocycles. The first-order chi connectivity index (χ1) is 11.2. The highest BCUT2D eigenvalue weighted by molar-refractivity contribution is 5.79. The Balaban J connectivity index is 1.80. The molecule has 0 saturated carbocycles. The average Bonchev–Trinajstić information content (AvgIpc) is 2.59. The molecule has 0 saturated heterocycles. The second-order valence-corrected chi connectivity index (χ2v) is 5.50. The van der Waals surface area contributed by atoms with Crippen molar-refractivity contribution < 1.29 is 0 Å². The molecule has 0 unspecified atom stereocenters. The number of hydrogen-bond donors (Lipinski definition) is 2. The highest BCUT2D eigenvalue weighted by Gasteiger charge is 2.01. The molecule has 0 fully saturated rings. The van der Waals surface area contributed by atoms with Gasteiger partial charge in [-0.15, -0.1) is 0 Å². The van der Waals surface area contributed by atoms with Crippen LogP contribution in [0, 0.1) is 0 Å². The zero-order valence-electron chi connectivity index (χ0n) is 14.1. The summed E-state index contributed by atoms with van der Waals surface area (Å²) in [7, 11) is 5.77. The minimum atomic E-state index is 0.717. The third-order valence-corrected chi connectivity index (χ3v) is 3.50. The van der Waals surface area contributed by atoms with Crippen LogP contribution in [0.25, 0.3) is 0 Å². The maximum absolute atomic E-state index is 4.32. The van der Waals surface area contributed by atoms with Crippen molar-refractivity contribution in [3.8, 4) is 0 Å². The third-order valence-electron chi connectivity index (χ3n) is 3.50. The zero-order valence-corrected chi connectivity index (χ0v) is 14.1. The van der Waals surface area contributed by atoms with Gasteiger partial charge in [-0.25, -0.2) is 4.98 Å². The molecule has 1 aromatic heterocycles. The normalized spacial score (nSPS) is 11.2. The van der Waals surface area contributed by atoms with Gasteiger partial charge in [0.05, 0.1) is 0 Å². The Hall–Kier alpha value is -2.56. The van der Waals surface area contributed by atoms with Gasteiger partial charge in [-0.2, -0.15) is 0 Å². The van der Waals surface area contributed by atoms with Crippen molar-refractivity contribution >= 4 is 11.8 Å². The van der Waals surface area contributed by atoms with Gasteiger partial charge in [-0.1, -0.05) is 30.3 Å². The number of aromatic nitrogens is 1. The molecule has 5 heteroatoms. The number of benzene rings is 1. The number of anilines is 1. The van der Waals surface area contributed by atoms with Gasteiger partial charge in [0.25, 0.3) is 0 Å². The van der Waals surface area contributed by atoms with Gasteiger partial charge in [0, 0.05) is 40.4 Å². The van der Waals surface area contributed by atoms with E-state index >= 15 is 0 Å². The van der Waals surface area contributed by atoms with Crippen LogP contribution in [0.4, 0.5) is 5.82 Å². The summed E-state index contributed by atoms with van der Waals surface area (Å²) >= 11 is 0. The maximum Gasteiger partial charge on any atom is 0.191 e. The van der Waals surface area contributed by atoms with E-state index in [0.717, 1.165) is 24.7 Å². The second-order valence-electron chi connectivity index (χ2n) is 5.50. The van der Waals surface area contributed by atoms with E-state index in [0.29, 0.717) is 6.54 Å². The predicted octanol–water partition coefficient (Wildman–Crippen LogP) is 2.06. The number of guanidine groups is 1. The molecule has 2 aromatic rings. The van der Waals surface area contributed by atoms with Crippen molar-refractivity contribution in [2.45, 2.75) is 13.0 Å². The van der Waals surface area contributed by atoms with E-state index in [1.54, 1.807) is 7.05 Å². The van der Waals surface area contributed by atoms with Crippen LogP contribution in [-0.4, -0.2) is 38.6 Å². The van der Waals surface area contributed by atoms with Gasteiger partial charge < -0.3 is 15.5 Å². The van der Waals surface area contributed by atoms with Gasteiger partial charge in [0.1, 0.15) is 5.82 Å². The van der Waals surface area contributed by atoms with E-state index in [2.05, 4.69) is 50.9 Å². The molecule has 0 spiro atoms. The van der Waals surface area contributed by atoms with Gasteiger partial charge in [-0.3, -0.25) is 4.99 Å². The van der Waals surface area contributed by atoms with E-state index in [-0.39, 0.29) is 0 Å². The van der Waals surface area contributed by atoms with Crippen LogP contribution in [0.5, 0.6) is 0 Å². The molecule has 1 aromatic carbocycles. The largest absolute Gasteiger partial charge is 0.363 e. The summed E-state index contributed by atoms with van der Waals surface area (Å²) in [6.45, 7) is 1.57. The van der Waals surface area contributed by atoms with Crippen LogP contribution in [0.3, 0.4) is 0 Å². The Bertz CT molecular complexity index is 622. The molecule has 1 heterocycles. The third kappa shape index (κ3) is 5.62. The molecule has 0 atom stereocenters. The Kier molecular flexibility index (Phi) is 6.41. The monoisotopic (exact) mass is 311 g/mol. The number of pyridine rings is 1. The van der Waals surface area contributed by atoms with Crippen molar-refractivity contribution in [2.24, 2.45) is 4.99 Å². The van der Waals surface area contributed by atoms with E-state index in [4.69, 9.17) is 0 Å². The molecule has 0 amide bonds. The van der Waals surface area contributed by atoms with Crippen LogP contribution < -0.4 is 15.5 Å². The molecule has 0 aliphatic carbocycles. The Morgan fingerprint density at radius 2 is 1.87 bits per heavy atom. The molecule has 0 radical (unpaired) electrons. The van der Waals surface area contributed by atoms with Gasteiger partial charge in [-0.05, 0) is 29.7 Å². The minimum Gasteiger partial charge on any atom is -0.363 e. The number of nitrogens with one attached hydrogen (secondary N) is 2. The molecule has 0 aliphatic rings. The van der Waals surface area contributed by atoms with Crippen molar-refractivity contribution in [1.29, 1.82) is 0 Å². The minimum absolute atomic E-state index is 0.717. The zero-order chi connectivity index (χ0) is 16.5. The lowest BCUT2D eigenvalue weighted by atomic mass is 10.1. The van der Waals surface area contributed by atoms with Gasteiger partial charge in [0.15, 0.2) is 5.96 Å².